The Morgan fingerprint density at radius 3 is 2.24 bits per heavy atom. The second kappa shape index (κ2) is 7.16. The third-order valence-electron chi connectivity index (χ3n) is 4.87. The molecule has 3 nitrogen and oxygen atoms in total. The summed E-state index contributed by atoms with van der Waals surface area (Å²) in [5, 5.41) is 0. The highest BCUT2D eigenvalue weighted by Crippen LogP contribution is 2.23. The van der Waals surface area contributed by atoms with Crippen molar-refractivity contribution in [1.29, 1.82) is 0 Å². The molecule has 128 valence electrons. The van der Waals surface area contributed by atoms with Crippen LogP contribution in [0.1, 0.15) is 11.3 Å². The Morgan fingerprint density at radius 1 is 0.800 bits per heavy atom. The molecule has 3 aromatic rings. The van der Waals surface area contributed by atoms with E-state index < -0.39 is 0 Å². The van der Waals surface area contributed by atoms with Gasteiger partial charge in [-0.2, -0.15) is 0 Å². The van der Waals surface area contributed by atoms with Gasteiger partial charge in [-0.25, -0.2) is 0 Å². The Hall–Kier alpha value is -2.52. The molecule has 1 aliphatic heterocycles. The smallest absolute Gasteiger partial charge is 0.134 e. The molecule has 4 rings (SSSR count). The second-order valence-electron chi connectivity index (χ2n) is 6.73. The third-order valence-corrected chi connectivity index (χ3v) is 4.87. The molecule has 3 heteroatoms. The first-order valence-electron chi connectivity index (χ1n) is 8.96. The zero-order chi connectivity index (χ0) is 17.1. The summed E-state index contributed by atoms with van der Waals surface area (Å²) >= 11 is 0. The monoisotopic (exact) mass is 332 g/mol. The molecular weight excluding hydrogens is 308 g/mol. The van der Waals surface area contributed by atoms with E-state index in [0.717, 1.165) is 49.8 Å². The summed E-state index contributed by atoms with van der Waals surface area (Å²) in [6.07, 6.45) is 0. The number of furan rings is 1. The van der Waals surface area contributed by atoms with Gasteiger partial charge in [0.2, 0.25) is 0 Å². The van der Waals surface area contributed by atoms with Crippen LogP contribution in [0, 0.1) is 6.92 Å². The summed E-state index contributed by atoms with van der Waals surface area (Å²) in [4.78, 5) is 4.94. The van der Waals surface area contributed by atoms with E-state index >= 15 is 0 Å². The van der Waals surface area contributed by atoms with Crippen LogP contribution in [-0.4, -0.2) is 31.1 Å². The molecule has 0 bridgehead atoms. The van der Waals surface area contributed by atoms with E-state index in [1.165, 1.54) is 11.3 Å². The van der Waals surface area contributed by atoms with Crippen LogP contribution in [-0.2, 0) is 6.54 Å². The number of anilines is 1. The molecule has 0 unspecified atom stereocenters. The quantitative estimate of drug-likeness (QED) is 0.697. The second-order valence-corrected chi connectivity index (χ2v) is 6.73. The Morgan fingerprint density at radius 2 is 1.52 bits per heavy atom. The minimum Gasteiger partial charge on any atom is -0.460 e. The highest BCUT2D eigenvalue weighted by Gasteiger charge is 2.18. The summed E-state index contributed by atoms with van der Waals surface area (Å²) < 4.78 is 6.04. The van der Waals surface area contributed by atoms with Gasteiger partial charge < -0.3 is 9.32 Å². The van der Waals surface area contributed by atoms with E-state index in [4.69, 9.17) is 4.42 Å². The lowest BCUT2D eigenvalue weighted by atomic mass is 10.2. The average molecular weight is 332 g/mol. The highest BCUT2D eigenvalue weighted by atomic mass is 16.3. The number of hydrogen-bond donors (Lipinski definition) is 0. The minimum absolute atomic E-state index is 0.884. The van der Waals surface area contributed by atoms with Gasteiger partial charge in [-0.3, -0.25) is 4.90 Å². The molecule has 1 aliphatic rings. The maximum absolute atomic E-state index is 6.04. The molecule has 1 saturated heterocycles. The number of benzene rings is 2. The van der Waals surface area contributed by atoms with Crippen LogP contribution >= 0.6 is 0 Å². The number of rotatable bonds is 4. The number of hydrogen-bond acceptors (Lipinski definition) is 3. The zero-order valence-corrected chi connectivity index (χ0v) is 14.7. The maximum atomic E-state index is 6.04. The number of piperazine rings is 1. The predicted molar refractivity (Wildman–Crippen MR) is 103 cm³/mol. The van der Waals surface area contributed by atoms with Crippen molar-refractivity contribution in [3.05, 3.63) is 78.1 Å². The van der Waals surface area contributed by atoms with E-state index in [1.54, 1.807) is 0 Å². The van der Waals surface area contributed by atoms with Crippen molar-refractivity contribution < 1.29 is 4.42 Å². The largest absolute Gasteiger partial charge is 0.460 e. The first-order chi connectivity index (χ1) is 12.3. The molecule has 0 radical (unpaired) electrons. The fraction of sp³-hybridized carbons (Fsp3) is 0.273. The molecule has 0 aliphatic carbocycles. The van der Waals surface area contributed by atoms with Crippen LogP contribution in [0.3, 0.4) is 0 Å². The molecule has 0 N–H and O–H groups in total. The van der Waals surface area contributed by atoms with Gasteiger partial charge >= 0.3 is 0 Å². The number of aryl methyl sites for hydroxylation is 1. The highest BCUT2D eigenvalue weighted by molar-refractivity contribution is 5.57. The van der Waals surface area contributed by atoms with Crippen molar-refractivity contribution in [2.75, 3.05) is 31.1 Å². The number of nitrogens with zero attached hydrogens (tertiary/aromatic N) is 2. The summed E-state index contributed by atoms with van der Waals surface area (Å²) in [7, 11) is 0. The molecule has 25 heavy (non-hydrogen) atoms. The maximum Gasteiger partial charge on any atom is 0.134 e. The first-order valence-corrected chi connectivity index (χ1v) is 8.96. The van der Waals surface area contributed by atoms with E-state index in [-0.39, 0.29) is 0 Å². The average Bonchev–Trinajstić information content (AvgIpc) is 3.12. The van der Waals surface area contributed by atoms with Crippen molar-refractivity contribution in [1.82, 2.24) is 4.90 Å². The topological polar surface area (TPSA) is 19.6 Å². The van der Waals surface area contributed by atoms with Crippen molar-refractivity contribution in [3.63, 3.8) is 0 Å². The zero-order valence-electron chi connectivity index (χ0n) is 14.7. The predicted octanol–water partition coefficient (Wildman–Crippen LogP) is 4.58. The molecule has 0 amide bonds. The van der Waals surface area contributed by atoms with Crippen LogP contribution < -0.4 is 4.90 Å². The van der Waals surface area contributed by atoms with E-state index in [2.05, 4.69) is 65.3 Å². The standard InChI is InChI=1S/C22H24N2O/c1-18-7-9-20(10-8-18)24-15-13-23(14-16-24)17-21-11-12-22(25-21)19-5-3-2-4-6-19/h2-12H,13-17H2,1H3. The van der Waals surface area contributed by atoms with Crippen molar-refractivity contribution >= 4 is 5.69 Å². The Labute approximate surface area is 149 Å². The van der Waals surface area contributed by atoms with Crippen LogP contribution in [0.5, 0.6) is 0 Å². The SMILES string of the molecule is Cc1ccc(N2CCN(Cc3ccc(-c4ccccc4)o3)CC2)cc1. The normalized spacial score (nSPS) is 15.5. The van der Waals surface area contributed by atoms with Gasteiger partial charge in [-0.1, -0.05) is 48.0 Å². The third kappa shape index (κ3) is 3.77. The van der Waals surface area contributed by atoms with Crippen LogP contribution in [0.25, 0.3) is 11.3 Å². The molecule has 2 heterocycles. The first kappa shape index (κ1) is 16.0. The van der Waals surface area contributed by atoms with E-state index in [9.17, 15) is 0 Å². The van der Waals surface area contributed by atoms with Gasteiger partial charge in [0.1, 0.15) is 11.5 Å². The Balaban J connectivity index is 1.34. The van der Waals surface area contributed by atoms with Crippen LogP contribution in [0.15, 0.2) is 71.1 Å². The summed E-state index contributed by atoms with van der Waals surface area (Å²) in [6, 6.07) is 23.3. The van der Waals surface area contributed by atoms with Gasteiger partial charge in [-0.15, -0.1) is 0 Å². The van der Waals surface area contributed by atoms with Crippen molar-refractivity contribution in [3.8, 4) is 11.3 Å². The molecule has 0 saturated carbocycles. The van der Waals surface area contributed by atoms with Crippen molar-refractivity contribution in [2.45, 2.75) is 13.5 Å². The lowest BCUT2D eigenvalue weighted by Crippen LogP contribution is -2.45. The lowest BCUT2D eigenvalue weighted by molar-refractivity contribution is 0.231. The molecule has 0 spiro atoms. The summed E-state index contributed by atoms with van der Waals surface area (Å²) in [5.41, 5.74) is 3.78. The summed E-state index contributed by atoms with van der Waals surface area (Å²) in [6.45, 7) is 7.28. The van der Waals surface area contributed by atoms with Crippen LogP contribution in [0.2, 0.25) is 0 Å². The van der Waals surface area contributed by atoms with Gasteiger partial charge in [0, 0.05) is 37.4 Å². The van der Waals surface area contributed by atoms with Crippen molar-refractivity contribution in [2.24, 2.45) is 0 Å². The van der Waals surface area contributed by atoms with E-state index in [0.29, 0.717) is 0 Å². The minimum atomic E-state index is 0.884. The molecule has 0 atom stereocenters. The van der Waals surface area contributed by atoms with E-state index in [1.807, 2.05) is 18.2 Å². The molecule has 1 aromatic heterocycles. The molecular formula is C22H24N2O. The fourth-order valence-corrected chi connectivity index (χ4v) is 3.36. The Kier molecular flexibility index (Phi) is 4.57. The fourth-order valence-electron chi connectivity index (χ4n) is 3.36. The van der Waals surface area contributed by atoms with Gasteiger partial charge in [0.15, 0.2) is 0 Å². The van der Waals surface area contributed by atoms with Gasteiger partial charge in [-0.05, 0) is 31.2 Å². The Bertz CT molecular complexity index is 800. The lowest BCUT2D eigenvalue weighted by Gasteiger charge is -2.35. The molecule has 1 fully saturated rings. The molecule has 2 aromatic carbocycles. The van der Waals surface area contributed by atoms with Gasteiger partial charge in [0.05, 0.1) is 6.54 Å². The summed E-state index contributed by atoms with van der Waals surface area (Å²) in [5.74, 6) is 2.00. The van der Waals surface area contributed by atoms with Gasteiger partial charge in [0.25, 0.3) is 0 Å². The van der Waals surface area contributed by atoms with Crippen LogP contribution in [0.4, 0.5) is 5.69 Å².